The van der Waals surface area contributed by atoms with Gasteiger partial charge in [-0.2, -0.15) is 0 Å². The summed E-state index contributed by atoms with van der Waals surface area (Å²) < 4.78 is 0.180. The second kappa shape index (κ2) is 6.42. The Morgan fingerprint density at radius 3 is 2.67 bits per heavy atom. The third-order valence-corrected chi connectivity index (χ3v) is 1.39. The number of carbonyl (C=O) groups is 1. The average molecular weight is 282 g/mol. The highest BCUT2D eigenvalue weighted by molar-refractivity contribution is 14.1. The van der Waals surface area contributed by atoms with Gasteiger partial charge in [0.15, 0.2) is 0 Å². The van der Waals surface area contributed by atoms with Crippen LogP contribution in [0.4, 0.5) is 0 Å². The summed E-state index contributed by atoms with van der Waals surface area (Å²) in [4.78, 5) is 13.0. The Labute approximate surface area is 87.3 Å². The van der Waals surface area contributed by atoms with Crippen molar-refractivity contribution in [1.82, 2.24) is 10.2 Å². The molecule has 1 atom stereocenters. The molecule has 0 radical (unpaired) electrons. The van der Waals surface area contributed by atoms with E-state index in [9.17, 15) is 4.79 Å². The van der Waals surface area contributed by atoms with E-state index in [1.165, 1.54) is 0 Å². The summed E-state index contributed by atoms with van der Waals surface area (Å²) in [6.07, 6.45) is 3.41. The van der Waals surface area contributed by atoms with Gasteiger partial charge < -0.3 is 10.2 Å². The van der Waals surface area contributed by atoms with Crippen LogP contribution in [-0.2, 0) is 4.79 Å². The summed E-state index contributed by atoms with van der Waals surface area (Å²) in [5, 5.41) is 2.76. The van der Waals surface area contributed by atoms with Crippen molar-refractivity contribution in [2.24, 2.45) is 0 Å². The molecule has 0 fully saturated rings. The molecule has 0 unspecified atom stereocenters. The van der Waals surface area contributed by atoms with Gasteiger partial charge in [-0.3, -0.25) is 4.79 Å². The second-order valence-corrected chi connectivity index (χ2v) is 4.66. The van der Waals surface area contributed by atoms with E-state index < -0.39 is 0 Å². The molecule has 0 aromatic rings. The zero-order chi connectivity index (χ0) is 9.56. The van der Waals surface area contributed by atoms with Crippen molar-refractivity contribution in [2.75, 3.05) is 20.6 Å². The smallest absolute Gasteiger partial charge is 0.244 e. The van der Waals surface area contributed by atoms with E-state index in [0.29, 0.717) is 0 Å². The molecule has 1 amide bonds. The fourth-order valence-electron chi connectivity index (χ4n) is 0.615. The minimum Gasteiger partial charge on any atom is -0.341 e. The predicted octanol–water partition coefficient (Wildman–Crippen LogP) is 1.00. The predicted molar refractivity (Wildman–Crippen MR) is 59.3 cm³/mol. The van der Waals surface area contributed by atoms with E-state index >= 15 is 0 Å². The van der Waals surface area contributed by atoms with Crippen LogP contribution in [0.3, 0.4) is 0 Å². The first kappa shape index (κ1) is 11.9. The lowest BCUT2D eigenvalue weighted by Crippen LogP contribution is -2.26. The van der Waals surface area contributed by atoms with Crippen LogP contribution < -0.4 is 5.32 Å². The van der Waals surface area contributed by atoms with Gasteiger partial charge >= 0.3 is 0 Å². The van der Waals surface area contributed by atoms with Gasteiger partial charge in [0, 0.05) is 12.6 Å². The number of nitrogens with one attached hydrogen (secondary N) is 1. The van der Waals surface area contributed by atoms with Crippen molar-refractivity contribution in [1.29, 1.82) is 0 Å². The lowest BCUT2D eigenvalue weighted by Gasteiger charge is -2.05. The van der Waals surface area contributed by atoms with Crippen LogP contribution in [0.5, 0.6) is 0 Å². The summed E-state index contributed by atoms with van der Waals surface area (Å²) in [6.45, 7) is 2.72. The van der Waals surface area contributed by atoms with Crippen molar-refractivity contribution in [3.63, 3.8) is 0 Å². The third kappa shape index (κ3) is 8.00. The first-order chi connectivity index (χ1) is 5.52. The van der Waals surface area contributed by atoms with Crippen LogP contribution >= 0.6 is 22.6 Å². The fourth-order valence-corrected chi connectivity index (χ4v) is 0.922. The summed E-state index contributed by atoms with van der Waals surface area (Å²) in [5.74, 6) is -0.0289. The summed E-state index contributed by atoms with van der Waals surface area (Å²) in [6, 6.07) is 0. The summed E-state index contributed by atoms with van der Waals surface area (Å²) >= 11 is 2.15. The van der Waals surface area contributed by atoms with E-state index in [-0.39, 0.29) is 9.96 Å². The molecule has 0 aromatic carbocycles. The molecule has 1 N–H and O–H groups in total. The number of hydrogen-bond donors (Lipinski definition) is 1. The Morgan fingerprint density at radius 1 is 1.67 bits per heavy atom. The zero-order valence-electron chi connectivity index (χ0n) is 7.67. The largest absolute Gasteiger partial charge is 0.341 e. The maximum Gasteiger partial charge on any atom is 0.244 e. The van der Waals surface area contributed by atoms with Gasteiger partial charge in [-0.15, -0.1) is 0 Å². The Hall–Kier alpha value is -0.100. The van der Waals surface area contributed by atoms with E-state index in [1.54, 1.807) is 6.08 Å². The van der Waals surface area contributed by atoms with Crippen LogP contribution in [0.1, 0.15) is 6.92 Å². The summed E-state index contributed by atoms with van der Waals surface area (Å²) in [7, 11) is 3.92. The topological polar surface area (TPSA) is 32.3 Å². The molecular formula is C8H15IN2O. The van der Waals surface area contributed by atoms with Crippen molar-refractivity contribution in [2.45, 2.75) is 11.0 Å². The van der Waals surface area contributed by atoms with E-state index in [1.807, 2.05) is 32.0 Å². The molecule has 0 aliphatic rings. The molecule has 70 valence electrons. The van der Waals surface area contributed by atoms with Crippen LogP contribution in [0.15, 0.2) is 12.2 Å². The molecule has 0 rings (SSSR count). The zero-order valence-corrected chi connectivity index (χ0v) is 9.83. The number of amides is 1. The average Bonchev–Trinajstić information content (AvgIpc) is 1.84. The third-order valence-electron chi connectivity index (χ3n) is 1.08. The first-order valence-corrected chi connectivity index (χ1v) is 5.02. The molecule has 0 bridgehead atoms. The molecular weight excluding hydrogens is 267 g/mol. The van der Waals surface area contributed by atoms with Gasteiger partial charge in [0.25, 0.3) is 0 Å². The molecule has 0 aromatic heterocycles. The Balaban J connectivity index is 3.61. The number of likely N-dealkylation sites (N-methyl/N-ethyl adjacent to an activating group) is 1. The number of carbonyl (C=O) groups excluding carboxylic acids is 1. The van der Waals surface area contributed by atoms with E-state index in [2.05, 4.69) is 27.9 Å². The fraction of sp³-hybridized carbons (Fsp3) is 0.625. The number of alkyl halides is 1. The van der Waals surface area contributed by atoms with Crippen LogP contribution in [0, 0.1) is 0 Å². The standard InChI is InChI=1S/C8H15IN2O/c1-7(9)10-8(12)5-4-6-11(2)3/h4-5,7H,6H2,1-3H3,(H,10,12)/b5-4+/t7-/m1/s1. The van der Waals surface area contributed by atoms with Crippen LogP contribution in [0.2, 0.25) is 0 Å². The molecule has 0 saturated carbocycles. The number of rotatable bonds is 4. The lowest BCUT2D eigenvalue weighted by atomic mass is 10.4. The molecule has 0 saturated heterocycles. The van der Waals surface area contributed by atoms with Gasteiger partial charge in [0.05, 0.1) is 4.05 Å². The van der Waals surface area contributed by atoms with Crippen LogP contribution in [0.25, 0.3) is 0 Å². The highest BCUT2D eigenvalue weighted by Crippen LogP contribution is 1.91. The number of halogens is 1. The monoisotopic (exact) mass is 282 g/mol. The van der Waals surface area contributed by atoms with Crippen LogP contribution in [-0.4, -0.2) is 35.5 Å². The van der Waals surface area contributed by atoms with E-state index in [0.717, 1.165) is 6.54 Å². The van der Waals surface area contributed by atoms with Crippen molar-refractivity contribution in [3.05, 3.63) is 12.2 Å². The van der Waals surface area contributed by atoms with Crippen molar-refractivity contribution in [3.8, 4) is 0 Å². The molecule has 0 heterocycles. The molecule has 12 heavy (non-hydrogen) atoms. The van der Waals surface area contributed by atoms with Crippen molar-refractivity contribution >= 4 is 28.5 Å². The minimum atomic E-state index is -0.0289. The number of nitrogens with zero attached hydrogens (tertiary/aromatic N) is 1. The molecule has 4 heteroatoms. The Kier molecular flexibility index (Phi) is 6.37. The normalized spacial score (nSPS) is 13.8. The first-order valence-electron chi connectivity index (χ1n) is 3.78. The maximum absolute atomic E-state index is 11.0. The highest BCUT2D eigenvalue weighted by atomic mass is 127. The highest BCUT2D eigenvalue weighted by Gasteiger charge is 1.97. The summed E-state index contributed by atoms with van der Waals surface area (Å²) in [5.41, 5.74) is 0. The quantitative estimate of drug-likeness (QED) is 0.361. The van der Waals surface area contributed by atoms with Gasteiger partial charge in [-0.1, -0.05) is 28.7 Å². The Morgan fingerprint density at radius 2 is 2.25 bits per heavy atom. The van der Waals surface area contributed by atoms with Gasteiger partial charge in [0.2, 0.25) is 5.91 Å². The Bertz CT molecular complexity index is 166. The number of hydrogen-bond acceptors (Lipinski definition) is 2. The molecule has 0 aliphatic heterocycles. The maximum atomic E-state index is 11.0. The minimum absolute atomic E-state index is 0.0289. The molecule has 0 aliphatic carbocycles. The molecule has 3 nitrogen and oxygen atoms in total. The SMILES string of the molecule is C[C@H](I)NC(=O)/C=C/CN(C)C. The second-order valence-electron chi connectivity index (χ2n) is 2.79. The van der Waals surface area contributed by atoms with Gasteiger partial charge in [-0.25, -0.2) is 0 Å². The lowest BCUT2D eigenvalue weighted by molar-refractivity contribution is -0.116. The van der Waals surface area contributed by atoms with Gasteiger partial charge in [0.1, 0.15) is 0 Å². The van der Waals surface area contributed by atoms with Gasteiger partial charge in [-0.05, 0) is 21.0 Å². The van der Waals surface area contributed by atoms with E-state index in [4.69, 9.17) is 0 Å². The van der Waals surface area contributed by atoms with Crippen molar-refractivity contribution < 1.29 is 4.79 Å². The molecule has 0 spiro atoms.